The largest absolute Gasteiger partial charge is 0.355 e. The number of amides is 1. The van der Waals surface area contributed by atoms with Crippen LogP contribution in [-0.2, 0) is 4.79 Å². The lowest BCUT2D eigenvalue weighted by molar-refractivity contribution is -0.118. The summed E-state index contributed by atoms with van der Waals surface area (Å²) in [4.78, 5) is 15.9. The van der Waals surface area contributed by atoms with Gasteiger partial charge in [0.2, 0.25) is 5.91 Å². The van der Waals surface area contributed by atoms with E-state index < -0.39 is 0 Å². The van der Waals surface area contributed by atoms with Gasteiger partial charge in [0.05, 0.1) is 5.75 Å². The third-order valence-corrected chi connectivity index (χ3v) is 4.11. The van der Waals surface area contributed by atoms with E-state index in [-0.39, 0.29) is 5.91 Å². The highest BCUT2D eigenvalue weighted by Gasteiger charge is 2.08. The summed E-state index contributed by atoms with van der Waals surface area (Å²) in [6.45, 7) is 2.76. The van der Waals surface area contributed by atoms with Crippen LogP contribution in [0.15, 0.2) is 46.3 Å². The molecule has 1 amide bonds. The lowest BCUT2D eigenvalue weighted by Gasteiger charge is -2.07. The zero-order valence-electron chi connectivity index (χ0n) is 11.2. The minimum Gasteiger partial charge on any atom is -0.355 e. The maximum Gasteiger partial charge on any atom is 0.230 e. The molecule has 1 heterocycles. The summed E-state index contributed by atoms with van der Waals surface area (Å²) in [5.41, 5.74) is 1.03. The van der Waals surface area contributed by atoms with Crippen molar-refractivity contribution in [2.45, 2.75) is 18.5 Å². The van der Waals surface area contributed by atoms with E-state index in [0.717, 1.165) is 28.3 Å². The van der Waals surface area contributed by atoms with Crippen LogP contribution in [-0.4, -0.2) is 27.8 Å². The van der Waals surface area contributed by atoms with Crippen LogP contribution in [0.25, 0.3) is 5.69 Å². The summed E-state index contributed by atoms with van der Waals surface area (Å²) in [5.74, 6) is 0.426. The topological polar surface area (TPSA) is 46.9 Å². The Labute approximate surface area is 131 Å². The third kappa shape index (κ3) is 4.11. The molecule has 1 N–H and O–H groups in total. The maximum atomic E-state index is 11.6. The molecule has 0 aliphatic heterocycles. The number of nitrogens with zero attached hydrogens (tertiary/aromatic N) is 2. The Kier molecular flexibility index (Phi) is 5.67. The number of hydrogen-bond donors (Lipinski definition) is 1. The Bertz CT molecular complexity index is 568. The molecular weight excluding hydrogens is 338 g/mol. The van der Waals surface area contributed by atoms with Gasteiger partial charge >= 0.3 is 0 Å². The number of halogens is 1. The number of hydrogen-bond acceptors (Lipinski definition) is 3. The van der Waals surface area contributed by atoms with Gasteiger partial charge in [0.15, 0.2) is 5.16 Å². The Morgan fingerprint density at radius 3 is 2.85 bits per heavy atom. The predicted octanol–water partition coefficient (Wildman–Crippen LogP) is 3.25. The van der Waals surface area contributed by atoms with Crippen LogP contribution in [0.4, 0.5) is 0 Å². The van der Waals surface area contributed by atoms with Gasteiger partial charge in [-0.3, -0.25) is 9.36 Å². The molecular formula is C14H16BrN3OS. The number of nitrogens with one attached hydrogen (secondary N) is 1. The first-order valence-electron chi connectivity index (χ1n) is 6.39. The fraction of sp³-hybridized carbons (Fsp3) is 0.286. The van der Waals surface area contributed by atoms with Gasteiger partial charge in [0.1, 0.15) is 0 Å². The Hall–Kier alpha value is -1.27. The van der Waals surface area contributed by atoms with Crippen molar-refractivity contribution in [2.75, 3.05) is 12.3 Å². The summed E-state index contributed by atoms with van der Waals surface area (Å²) in [5, 5.41) is 3.68. The molecule has 20 heavy (non-hydrogen) atoms. The van der Waals surface area contributed by atoms with E-state index in [0.29, 0.717) is 5.75 Å². The third-order valence-electron chi connectivity index (χ3n) is 2.62. The predicted molar refractivity (Wildman–Crippen MR) is 85.3 cm³/mol. The van der Waals surface area contributed by atoms with Crippen molar-refractivity contribution in [2.24, 2.45) is 0 Å². The first kappa shape index (κ1) is 15.1. The smallest absolute Gasteiger partial charge is 0.230 e. The number of carbonyl (C=O) groups excluding carboxylic acids is 1. The van der Waals surface area contributed by atoms with Gasteiger partial charge in [0, 0.05) is 29.1 Å². The van der Waals surface area contributed by atoms with Gasteiger partial charge in [-0.05, 0) is 30.7 Å². The van der Waals surface area contributed by atoms with Gasteiger partial charge < -0.3 is 5.32 Å². The average molecular weight is 354 g/mol. The normalized spacial score (nSPS) is 10.5. The SMILES string of the molecule is CCCNC(=O)CSc1nccn1-c1ccc(Br)cc1. The lowest BCUT2D eigenvalue weighted by Crippen LogP contribution is -2.25. The molecule has 0 unspecified atom stereocenters. The Morgan fingerprint density at radius 2 is 2.15 bits per heavy atom. The van der Waals surface area contributed by atoms with Crippen molar-refractivity contribution < 1.29 is 4.79 Å². The van der Waals surface area contributed by atoms with Crippen LogP contribution in [0, 0.1) is 0 Å². The van der Waals surface area contributed by atoms with Crippen molar-refractivity contribution in [3.63, 3.8) is 0 Å². The minimum absolute atomic E-state index is 0.0437. The van der Waals surface area contributed by atoms with Gasteiger partial charge in [-0.25, -0.2) is 4.98 Å². The zero-order valence-corrected chi connectivity index (χ0v) is 13.6. The van der Waals surface area contributed by atoms with Crippen LogP contribution in [0.1, 0.15) is 13.3 Å². The van der Waals surface area contributed by atoms with Crippen molar-refractivity contribution in [1.29, 1.82) is 0 Å². The number of carbonyl (C=O) groups is 1. The molecule has 0 spiro atoms. The van der Waals surface area contributed by atoms with Crippen LogP contribution in [0.3, 0.4) is 0 Å². The zero-order chi connectivity index (χ0) is 14.4. The van der Waals surface area contributed by atoms with E-state index >= 15 is 0 Å². The molecule has 0 fully saturated rings. The molecule has 0 saturated heterocycles. The number of imidazole rings is 1. The molecule has 0 aliphatic carbocycles. The van der Waals surface area contributed by atoms with E-state index in [1.165, 1.54) is 11.8 Å². The highest BCUT2D eigenvalue weighted by molar-refractivity contribution is 9.10. The molecule has 0 bridgehead atoms. The second-order valence-electron chi connectivity index (χ2n) is 4.19. The molecule has 0 radical (unpaired) electrons. The first-order valence-corrected chi connectivity index (χ1v) is 8.17. The fourth-order valence-corrected chi connectivity index (χ4v) is 2.71. The molecule has 4 nitrogen and oxygen atoms in total. The molecule has 0 saturated carbocycles. The first-order chi connectivity index (χ1) is 9.70. The second-order valence-corrected chi connectivity index (χ2v) is 6.05. The molecule has 2 aromatic rings. The van der Waals surface area contributed by atoms with Crippen LogP contribution in [0.5, 0.6) is 0 Å². The molecule has 1 aromatic heterocycles. The Morgan fingerprint density at radius 1 is 1.40 bits per heavy atom. The van der Waals surface area contributed by atoms with Crippen LogP contribution < -0.4 is 5.32 Å². The van der Waals surface area contributed by atoms with Crippen molar-refractivity contribution in [3.8, 4) is 5.69 Å². The molecule has 0 atom stereocenters. The summed E-state index contributed by atoms with van der Waals surface area (Å²) in [7, 11) is 0. The van der Waals surface area contributed by atoms with Crippen molar-refractivity contribution >= 4 is 33.6 Å². The molecule has 106 valence electrons. The van der Waals surface area contributed by atoms with E-state index in [4.69, 9.17) is 0 Å². The van der Waals surface area contributed by atoms with Crippen LogP contribution >= 0.6 is 27.7 Å². The molecule has 6 heteroatoms. The maximum absolute atomic E-state index is 11.6. The number of benzene rings is 1. The minimum atomic E-state index is 0.0437. The second kappa shape index (κ2) is 7.50. The summed E-state index contributed by atoms with van der Waals surface area (Å²) >= 11 is 4.86. The van der Waals surface area contributed by atoms with E-state index in [1.807, 2.05) is 42.0 Å². The van der Waals surface area contributed by atoms with E-state index in [9.17, 15) is 4.79 Å². The number of thioether (sulfide) groups is 1. The number of aromatic nitrogens is 2. The van der Waals surface area contributed by atoms with E-state index in [1.54, 1.807) is 6.20 Å². The standard InChI is InChI=1S/C14H16BrN3OS/c1-2-7-16-13(19)10-20-14-17-8-9-18(14)12-5-3-11(15)4-6-12/h3-6,8-9H,2,7,10H2,1H3,(H,16,19). The summed E-state index contributed by atoms with van der Waals surface area (Å²) < 4.78 is 3.01. The van der Waals surface area contributed by atoms with Crippen molar-refractivity contribution in [3.05, 3.63) is 41.1 Å². The van der Waals surface area contributed by atoms with Gasteiger partial charge in [-0.1, -0.05) is 34.6 Å². The van der Waals surface area contributed by atoms with E-state index in [2.05, 4.69) is 26.2 Å². The molecule has 1 aromatic carbocycles. The fourth-order valence-electron chi connectivity index (χ4n) is 1.64. The Balaban J connectivity index is 2.02. The monoisotopic (exact) mass is 353 g/mol. The van der Waals surface area contributed by atoms with Crippen molar-refractivity contribution in [1.82, 2.24) is 14.9 Å². The highest BCUT2D eigenvalue weighted by Crippen LogP contribution is 2.21. The average Bonchev–Trinajstić information content (AvgIpc) is 2.92. The molecule has 0 aliphatic rings. The lowest BCUT2D eigenvalue weighted by atomic mass is 10.3. The van der Waals surface area contributed by atoms with Gasteiger partial charge in [-0.2, -0.15) is 0 Å². The highest BCUT2D eigenvalue weighted by atomic mass is 79.9. The number of rotatable bonds is 6. The van der Waals surface area contributed by atoms with Gasteiger partial charge in [-0.15, -0.1) is 0 Å². The van der Waals surface area contributed by atoms with Crippen LogP contribution in [0.2, 0.25) is 0 Å². The van der Waals surface area contributed by atoms with Gasteiger partial charge in [0.25, 0.3) is 0 Å². The quantitative estimate of drug-likeness (QED) is 0.810. The molecule has 2 rings (SSSR count). The summed E-state index contributed by atoms with van der Waals surface area (Å²) in [6.07, 6.45) is 4.59. The summed E-state index contributed by atoms with van der Waals surface area (Å²) in [6, 6.07) is 7.98.